The van der Waals surface area contributed by atoms with Crippen LogP contribution in [0.3, 0.4) is 0 Å². The molecule has 2 heterocycles. The lowest BCUT2D eigenvalue weighted by molar-refractivity contribution is 0.0583. The molecular weight excluding hydrogens is 354 g/mol. The van der Waals surface area contributed by atoms with E-state index >= 15 is 0 Å². The number of amides is 2. The summed E-state index contributed by atoms with van der Waals surface area (Å²) >= 11 is 0. The standard InChI is InChI=1S/C18H25N3O4S/c1-11(2)21-18(23)14-8-7-13(10-16(14)26(21,24)25)17(22)20-9-5-4-6-15(20)12(3)19/h7-8,10-12,15H,4-6,9,19H2,1-3H3. The Labute approximate surface area is 154 Å². The largest absolute Gasteiger partial charge is 0.334 e. The number of benzene rings is 1. The fourth-order valence-corrected chi connectivity index (χ4v) is 5.61. The number of sulfonamides is 1. The molecule has 2 aliphatic rings. The van der Waals surface area contributed by atoms with Crippen LogP contribution in [-0.2, 0) is 10.0 Å². The summed E-state index contributed by atoms with van der Waals surface area (Å²) in [4.78, 5) is 27.1. The van der Waals surface area contributed by atoms with Gasteiger partial charge in [0.15, 0.2) is 0 Å². The molecule has 1 saturated heterocycles. The van der Waals surface area contributed by atoms with Crippen LogP contribution >= 0.6 is 0 Å². The van der Waals surface area contributed by atoms with Crippen molar-refractivity contribution in [1.82, 2.24) is 9.21 Å². The van der Waals surface area contributed by atoms with E-state index in [2.05, 4.69) is 0 Å². The van der Waals surface area contributed by atoms with Crippen LogP contribution in [0.5, 0.6) is 0 Å². The van der Waals surface area contributed by atoms with E-state index in [9.17, 15) is 18.0 Å². The first-order valence-electron chi connectivity index (χ1n) is 8.95. The van der Waals surface area contributed by atoms with E-state index in [4.69, 9.17) is 5.73 Å². The van der Waals surface area contributed by atoms with Crippen molar-refractivity contribution in [3.63, 3.8) is 0 Å². The highest BCUT2D eigenvalue weighted by Gasteiger charge is 2.43. The highest BCUT2D eigenvalue weighted by molar-refractivity contribution is 7.90. The molecule has 3 rings (SSSR count). The second kappa shape index (κ2) is 6.66. The molecule has 1 aromatic carbocycles. The highest BCUT2D eigenvalue weighted by Crippen LogP contribution is 2.33. The molecule has 2 amide bonds. The zero-order valence-electron chi connectivity index (χ0n) is 15.3. The van der Waals surface area contributed by atoms with Gasteiger partial charge in [-0.3, -0.25) is 9.59 Å². The predicted molar refractivity (Wildman–Crippen MR) is 97.3 cm³/mol. The monoisotopic (exact) mass is 379 g/mol. The molecule has 26 heavy (non-hydrogen) atoms. The van der Waals surface area contributed by atoms with Crippen LogP contribution in [0.15, 0.2) is 23.1 Å². The Kier molecular flexibility index (Phi) is 4.83. The van der Waals surface area contributed by atoms with E-state index < -0.39 is 22.0 Å². The number of fused-ring (bicyclic) bond motifs is 1. The molecule has 8 heteroatoms. The minimum absolute atomic E-state index is 0.0603. The lowest BCUT2D eigenvalue weighted by Crippen LogP contribution is -2.51. The van der Waals surface area contributed by atoms with Crippen LogP contribution in [0.1, 0.15) is 60.7 Å². The molecule has 2 atom stereocenters. The van der Waals surface area contributed by atoms with Gasteiger partial charge in [-0.05, 0) is 58.2 Å². The van der Waals surface area contributed by atoms with Gasteiger partial charge in [0, 0.05) is 30.2 Å². The van der Waals surface area contributed by atoms with Crippen molar-refractivity contribution < 1.29 is 18.0 Å². The van der Waals surface area contributed by atoms with Crippen molar-refractivity contribution in [3.05, 3.63) is 29.3 Å². The summed E-state index contributed by atoms with van der Waals surface area (Å²) < 4.78 is 26.3. The Balaban J connectivity index is 1.99. The smallest absolute Gasteiger partial charge is 0.269 e. The number of likely N-dealkylation sites (tertiary alicyclic amines) is 1. The molecule has 2 unspecified atom stereocenters. The zero-order chi connectivity index (χ0) is 19.2. The van der Waals surface area contributed by atoms with Crippen molar-refractivity contribution >= 4 is 21.8 Å². The predicted octanol–water partition coefficient (Wildman–Crippen LogP) is 1.58. The summed E-state index contributed by atoms with van der Waals surface area (Å²) in [5.74, 6) is -0.777. The second-order valence-electron chi connectivity index (χ2n) is 7.33. The van der Waals surface area contributed by atoms with Crippen molar-refractivity contribution in [2.24, 2.45) is 5.73 Å². The summed E-state index contributed by atoms with van der Waals surface area (Å²) in [5.41, 5.74) is 6.43. The number of hydrogen-bond acceptors (Lipinski definition) is 5. The molecule has 0 radical (unpaired) electrons. The maximum Gasteiger partial charge on any atom is 0.269 e. The first-order valence-corrected chi connectivity index (χ1v) is 10.4. The first kappa shape index (κ1) is 18.8. The molecule has 1 aromatic rings. The average molecular weight is 379 g/mol. The van der Waals surface area contributed by atoms with Crippen LogP contribution in [-0.4, -0.2) is 54.1 Å². The third-order valence-electron chi connectivity index (χ3n) is 5.08. The summed E-state index contributed by atoms with van der Waals surface area (Å²) in [6, 6.07) is 3.61. The quantitative estimate of drug-likeness (QED) is 0.859. The number of hydrogen-bond donors (Lipinski definition) is 1. The third-order valence-corrected chi connectivity index (χ3v) is 7.08. The van der Waals surface area contributed by atoms with Gasteiger partial charge in [-0.2, -0.15) is 0 Å². The molecule has 0 saturated carbocycles. The van der Waals surface area contributed by atoms with Gasteiger partial charge in [-0.25, -0.2) is 12.7 Å². The van der Waals surface area contributed by atoms with Crippen molar-refractivity contribution in [2.45, 2.75) is 63.1 Å². The number of carbonyl (C=O) groups excluding carboxylic acids is 2. The van der Waals surface area contributed by atoms with Gasteiger partial charge in [-0.1, -0.05) is 0 Å². The average Bonchev–Trinajstić information content (AvgIpc) is 2.79. The Bertz CT molecular complexity index is 848. The number of carbonyl (C=O) groups is 2. The minimum atomic E-state index is -3.92. The summed E-state index contributed by atoms with van der Waals surface area (Å²) in [7, 11) is -3.92. The van der Waals surface area contributed by atoms with E-state index in [1.165, 1.54) is 18.2 Å². The SMILES string of the molecule is CC(N)C1CCCCN1C(=O)c1ccc2c(c1)S(=O)(=O)N(C(C)C)C2=O. The Hall–Kier alpha value is -1.93. The molecule has 0 spiro atoms. The second-order valence-corrected chi connectivity index (χ2v) is 9.11. The Morgan fingerprint density at radius 3 is 2.54 bits per heavy atom. The van der Waals surface area contributed by atoms with E-state index in [0.717, 1.165) is 23.6 Å². The van der Waals surface area contributed by atoms with Crippen LogP contribution in [0, 0.1) is 0 Å². The zero-order valence-corrected chi connectivity index (χ0v) is 16.1. The number of nitrogens with two attached hydrogens (primary N) is 1. The molecule has 142 valence electrons. The normalized spacial score (nSPS) is 23.3. The van der Waals surface area contributed by atoms with Gasteiger partial charge >= 0.3 is 0 Å². The summed E-state index contributed by atoms with van der Waals surface area (Å²) in [5, 5.41) is 0. The van der Waals surface area contributed by atoms with Gasteiger partial charge in [0.2, 0.25) is 0 Å². The van der Waals surface area contributed by atoms with Gasteiger partial charge < -0.3 is 10.6 Å². The maximum atomic E-state index is 13.0. The fourth-order valence-electron chi connectivity index (χ4n) is 3.81. The Morgan fingerprint density at radius 2 is 1.92 bits per heavy atom. The van der Waals surface area contributed by atoms with Gasteiger partial charge in [0.1, 0.15) is 4.90 Å². The molecule has 2 aliphatic heterocycles. The number of piperidine rings is 1. The number of rotatable bonds is 3. The highest BCUT2D eigenvalue weighted by atomic mass is 32.2. The molecular formula is C18H25N3O4S. The fraction of sp³-hybridized carbons (Fsp3) is 0.556. The Morgan fingerprint density at radius 1 is 1.23 bits per heavy atom. The summed E-state index contributed by atoms with van der Waals surface area (Å²) in [6.45, 7) is 5.78. The van der Waals surface area contributed by atoms with Crippen molar-refractivity contribution in [1.29, 1.82) is 0 Å². The van der Waals surface area contributed by atoms with Crippen LogP contribution in [0.2, 0.25) is 0 Å². The maximum absolute atomic E-state index is 13.0. The van der Waals surface area contributed by atoms with Crippen LogP contribution in [0.25, 0.3) is 0 Å². The molecule has 1 fully saturated rings. The lowest BCUT2D eigenvalue weighted by atomic mass is 9.96. The molecule has 2 N–H and O–H groups in total. The van der Waals surface area contributed by atoms with Crippen molar-refractivity contribution in [2.75, 3.05) is 6.54 Å². The van der Waals surface area contributed by atoms with Crippen molar-refractivity contribution in [3.8, 4) is 0 Å². The van der Waals surface area contributed by atoms with E-state index in [1.54, 1.807) is 18.7 Å². The summed E-state index contributed by atoms with van der Waals surface area (Å²) in [6.07, 6.45) is 2.76. The van der Waals surface area contributed by atoms with Gasteiger partial charge in [-0.15, -0.1) is 0 Å². The molecule has 7 nitrogen and oxygen atoms in total. The minimum Gasteiger partial charge on any atom is -0.334 e. The topological polar surface area (TPSA) is 101 Å². The van der Waals surface area contributed by atoms with Gasteiger partial charge in [0.05, 0.1) is 5.56 Å². The first-order chi connectivity index (χ1) is 12.2. The van der Waals surface area contributed by atoms with E-state index in [-0.39, 0.29) is 34.0 Å². The number of nitrogens with zero attached hydrogens (tertiary/aromatic N) is 2. The van der Waals surface area contributed by atoms with E-state index in [1.807, 2.05) is 6.92 Å². The molecule has 0 bridgehead atoms. The van der Waals surface area contributed by atoms with Crippen LogP contribution < -0.4 is 5.73 Å². The molecule has 0 aromatic heterocycles. The van der Waals surface area contributed by atoms with Crippen LogP contribution in [0.4, 0.5) is 0 Å². The third kappa shape index (κ3) is 2.91. The van der Waals surface area contributed by atoms with Gasteiger partial charge in [0.25, 0.3) is 21.8 Å². The lowest BCUT2D eigenvalue weighted by Gasteiger charge is -2.38. The van der Waals surface area contributed by atoms with E-state index in [0.29, 0.717) is 6.54 Å². The molecule has 0 aliphatic carbocycles.